The molecule has 37 heavy (non-hydrogen) atoms. The smallest absolute Gasteiger partial charge is 0.344 e. The molecule has 1 unspecified atom stereocenters. The summed E-state index contributed by atoms with van der Waals surface area (Å²) in [4.78, 5) is 24.1. The predicted octanol–water partition coefficient (Wildman–Crippen LogP) is 6.04. The van der Waals surface area contributed by atoms with Gasteiger partial charge < -0.3 is 15.2 Å². The highest BCUT2D eigenvalue weighted by Crippen LogP contribution is 2.31. The summed E-state index contributed by atoms with van der Waals surface area (Å²) in [5.74, 6) is -0.703. The highest BCUT2D eigenvalue weighted by atomic mass is 79.9. The molecular weight excluding hydrogens is 534 g/mol. The van der Waals surface area contributed by atoms with Crippen molar-refractivity contribution in [3.8, 4) is 22.6 Å². The normalized spacial score (nSPS) is 11.6. The Bertz CT molecular complexity index is 1380. The number of ether oxygens (including phenoxy) is 1. The summed E-state index contributed by atoms with van der Waals surface area (Å²) in [7, 11) is 0. The van der Waals surface area contributed by atoms with Gasteiger partial charge in [0.15, 0.2) is 6.10 Å². The van der Waals surface area contributed by atoms with Crippen molar-refractivity contribution in [1.29, 1.82) is 0 Å². The molecule has 1 atom stereocenters. The number of halogens is 1. The monoisotopic (exact) mass is 561 g/mol. The second kappa shape index (κ2) is 11.9. The summed E-state index contributed by atoms with van der Waals surface area (Å²) >= 11 is 3.46. The van der Waals surface area contributed by atoms with Crippen LogP contribution in [0.2, 0.25) is 0 Å². The highest BCUT2D eigenvalue weighted by Gasteiger charge is 2.18. The summed E-state index contributed by atoms with van der Waals surface area (Å²) < 4.78 is 7.98. The minimum atomic E-state index is -1.02. The maximum absolute atomic E-state index is 13.0. The van der Waals surface area contributed by atoms with E-state index in [1.807, 2.05) is 71.4 Å². The van der Waals surface area contributed by atoms with Crippen LogP contribution in [-0.4, -0.2) is 32.9 Å². The first-order chi connectivity index (χ1) is 17.9. The molecule has 8 heteroatoms. The SMILES string of the molecule is CCCc1c(C(=O)NCc2ccc(-c3ccc(OC(C)C(=O)O)c(Br)c3)cc2)cnn1-c1ccccc1. The van der Waals surface area contributed by atoms with E-state index in [4.69, 9.17) is 9.84 Å². The maximum atomic E-state index is 13.0. The summed E-state index contributed by atoms with van der Waals surface area (Å²) in [6.45, 7) is 3.96. The van der Waals surface area contributed by atoms with Gasteiger partial charge in [0.05, 0.1) is 27.6 Å². The van der Waals surface area contributed by atoms with Crippen molar-refractivity contribution in [2.75, 3.05) is 0 Å². The summed E-state index contributed by atoms with van der Waals surface area (Å²) in [6.07, 6.45) is 2.35. The first-order valence-corrected chi connectivity index (χ1v) is 12.9. The van der Waals surface area contributed by atoms with Gasteiger partial charge in [-0.1, -0.05) is 61.9 Å². The number of nitrogens with zero attached hydrogens (tertiary/aromatic N) is 2. The van der Waals surface area contributed by atoms with Gasteiger partial charge in [-0.25, -0.2) is 9.48 Å². The van der Waals surface area contributed by atoms with Crippen LogP contribution >= 0.6 is 15.9 Å². The molecular formula is C29H28BrN3O4. The van der Waals surface area contributed by atoms with Gasteiger partial charge in [0.1, 0.15) is 5.75 Å². The molecule has 0 aliphatic heterocycles. The molecule has 1 heterocycles. The van der Waals surface area contributed by atoms with Gasteiger partial charge in [-0.2, -0.15) is 5.10 Å². The first kappa shape index (κ1) is 26.2. The second-order valence-corrected chi connectivity index (χ2v) is 9.48. The number of amides is 1. The average molecular weight is 562 g/mol. The number of carbonyl (C=O) groups excluding carboxylic acids is 1. The average Bonchev–Trinajstić information content (AvgIpc) is 3.33. The van der Waals surface area contributed by atoms with Crippen LogP contribution in [0.5, 0.6) is 5.75 Å². The Hall–Kier alpha value is -3.91. The van der Waals surface area contributed by atoms with Crippen LogP contribution in [0.25, 0.3) is 16.8 Å². The van der Waals surface area contributed by atoms with Crippen LogP contribution in [0.1, 0.15) is 41.9 Å². The van der Waals surface area contributed by atoms with Gasteiger partial charge in [-0.15, -0.1) is 0 Å². The molecule has 0 fully saturated rings. The molecule has 3 aromatic carbocycles. The Kier molecular flexibility index (Phi) is 8.40. The Labute approximate surface area is 224 Å². The number of carbonyl (C=O) groups is 2. The molecule has 4 rings (SSSR count). The molecule has 0 radical (unpaired) electrons. The van der Waals surface area contributed by atoms with Crippen LogP contribution < -0.4 is 10.1 Å². The molecule has 0 spiro atoms. The molecule has 190 valence electrons. The number of hydrogen-bond donors (Lipinski definition) is 2. The Balaban J connectivity index is 1.42. The van der Waals surface area contributed by atoms with E-state index in [9.17, 15) is 9.59 Å². The predicted molar refractivity (Wildman–Crippen MR) is 146 cm³/mol. The number of benzene rings is 3. The largest absolute Gasteiger partial charge is 0.479 e. The van der Waals surface area contributed by atoms with Gasteiger partial charge in [0.2, 0.25) is 0 Å². The van der Waals surface area contributed by atoms with Crippen LogP contribution in [0.15, 0.2) is 83.5 Å². The van der Waals surface area contributed by atoms with E-state index in [2.05, 4.69) is 33.3 Å². The highest BCUT2D eigenvalue weighted by molar-refractivity contribution is 9.10. The lowest BCUT2D eigenvalue weighted by Gasteiger charge is -2.13. The summed E-state index contributed by atoms with van der Waals surface area (Å²) in [6, 6.07) is 23.3. The minimum absolute atomic E-state index is 0.148. The zero-order chi connectivity index (χ0) is 26.4. The number of aliphatic carboxylic acids is 1. The number of hydrogen-bond acceptors (Lipinski definition) is 4. The third kappa shape index (κ3) is 6.27. The Morgan fingerprint density at radius 2 is 1.76 bits per heavy atom. The number of nitrogens with one attached hydrogen (secondary N) is 1. The number of rotatable bonds is 10. The molecule has 1 amide bonds. The molecule has 2 N–H and O–H groups in total. The molecule has 4 aromatic rings. The quantitative estimate of drug-likeness (QED) is 0.246. The minimum Gasteiger partial charge on any atom is -0.479 e. The van der Waals surface area contributed by atoms with E-state index in [1.54, 1.807) is 12.3 Å². The fraction of sp³-hybridized carbons (Fsp3) is 0.207. The van der Waals surface area contributed by atoms with E-state index in [1.165, 1.54) is 6.92 Å². The maximum Gasteiger partial charge on any atom is 0.344 e. The zero-order valence-electron chi connectivity index (χ0n) is 20.6. The Morgan fingerprint density at radius 1 is 1.05 bits per heavy atom. The fourth-order valence-electron chi connectivity index (χ4n) is 3.94. The molecule has 0 saturated heterocycles. The van der Waals surface area contributed by atoms with Gasteiger partial charge in [0.25, 0.3) is 5.91 Å². The van der Waals surface area contributed by atoms with Crippen LogP contribution in [0.4, 0.5) is 0 Å². The van der Waals surface area contributed by atoms with E-state index < -0.39 is 12.1 Å². The van der Waals surface area contributed by atoms with Crippen LogP contribution in [0.3, 0.4) is 0 Å². The van der Waals surface area contributed by atoms with Crippen LogP contribution in [0, 0.1) is 0 Å². The fourth-order valence-corrected chi connectivity index (χ4v) is 4.41. The molecule has 0 aliphatic carbocycles. The van der Waals surface area contributed by atoms with Crippen molar-refractivity contribution in [3.63, 3.8) is 0 Å². The standard InChI is InChI=1S/C29H28BrN3O4/c1-3-7-26-24(18-32-33(26)23-8-5-4-6-9-23)28(34)31-17-20-10-12-21(13-11-20)22-14-15-27(25(30)16-22)37-19(2)29(35)36/h4-6,8-16,18-19H,3,7,17H2,1-2H3,(H,31,34)(H,35,36). The molecule has 0 bridgehead atoms. The third-order valence-electron chi connectivity index (χ3n) is 5.92. The van der Waals surface area contributed by atoms with Crippen molar-refractivity contribution >= 4 is 27.8 Å². The second-order valence-electron chi connectivity index (χ2n) is 8.63. The summed E-state index contributed by atoms with van der Waals surface area (Å²) in [5, 5.41) is 16.5. The summed E-state index contributed by atoms with van der Waals surface area (Å²) in [5.41, 5.74) is 5.34. The molecule has 0 aliphatic rings. The van der Waals surface area contributed by atoms with Crippen molar-refractivity contribution in [2.24, 2.45) is 0 Å². The lowest BCUT2D eigenvalue weighted by atomic mass is 10.0. The van der Waals surface area contributed by atoms with Crippen molar-refractivity contribution in [1.82, 2.24) is 15.1 Å². The number of aromatic nitrogens is 2. The van der Waals surface area contributed by atoms with Gasteiger partial charge in [0, 0.05) is 6.54 Å². The van der Waals surface area contributed by atoms with E-state index in [-0.39, 0.29) is 5.91 Å². The van der Waals surface area contributed by atoms with Crippen molar-refractivity contribution in [2.45, 2.75) is 39.3 Å². The van der Waals surface area contributed by atoms with Gasteiger partial charge in [-0.3, -0.25) is 4.79 Å². The van der Waals surface area contributed by atoms with E-state index in [0.29, 0.717) is 22.3 Å². The zero-order valence-corrected chi connectivity index (χ0v) is 22.2. The van der Waals surface area contributed by atoms with Gasteiger partial charge >= 0.3 is 5.97 Å². The first-order valence-electron chi connectivity index (χ1n) is 12.1. The van der Waals surface area contributed by atoms with Crippen LogP contribution in [-0.2, 0) is 17.8 Å². The van der Waals surface area contributed by atoms with E-state index in [0.717, 1.165) is 40.9 Å². The molecule has 1 aromatic heterocycles. The Morgan fingerprint density at radius 3 is 2.41 bits per heavy atom. The number of carboxylic acids is 1. The van der Waals surface area contributed by atoms with Crippen molar-refractivity contribution in [3.05, 3.63) is 100 Å². The lowest BCUT2D eigenvalue weighted by Crippen LogP contribution is -2.23. The molecule has 7 nitrogen and oxygen atoms in total. The molecule has 0 saturated carbocycles. The van der Waals surface area contributed by atoms with E-state index >= 15 is 0 Å². The van der Waals surface area contributed by atoms with Gasteiger partial charge in [-0.05, 0) is 70.2 Å². The van der Waals surface area contributed by atoms with Crippen molar-refractivity contribution < 1.29 is 19.4 Å². The third-order valence-corrected chi connectivity index (χ3v) is 6.54. The number of carboxylic acid groups (broad SMARTS) is 1. The lowest BCUT2D eigenvalue weighted by molar-refractivity contribution is -0.144. The number of para-hydroxylation sites is 1. The topological polar surface area (TPSA) is 93.4 Å².